The van der Waals surface area contributed by atoms with Gasteiger partial charge in [0.25, 0.3) is 0 Å². The van der Waals surface area contributed by atoms with Crippen LogP contribution in [0.25, 0.3) is 10.6 Å². The van der Waals surface area contributed by atoms with Gasteiger partial charge in [0.05, 0.1) is 15.6 Å². The van der Waals surface area contributed by atoms with E-state index in [4.69, 9.17) is 0 Å². The van der Waals surface area contributed by atoms with Gasteiger partial charge in [-0.3, -0.25) is 4.99 Å². The molecule has 0 aromatic carbocycles. The number of hydrogen-bond acceptors (Lipinski definition) is 4. The fraction of sp³-hybridized carbons (Fsp3) is 0.333. The fourth-order valence-electron chi connectivity index (χ4n) is 1.82. The molecule has 7 heteroatoms. The van der Waals surface area contributed by atoms with Crippen LogP contribution in [0, 0.1) is 6.92 Å². The topological polar surface area (TPSA) is 49.3 Å². The molecule has 0 fully saturated rings. The van der Waals surface area contributed by atoms with E-state index in [0.29, 0.717) is 6.54 Å². The van der Waals surface area contributed by atoms with Gasteiger partial charge in [-0.25, -0.2) is 4.98 Å². The molecule has 0 bridgehead atoms. The molecule has 0 aliphatic heterocycles. The highest BCUT2D eigenvalue weighted by molar-refractivity contribution is 14.0. The molecular weight excluding hydrogens is 427 g/mol. The summed E-state index contributed by atoms with van der Waals surface area (Å²) in [5.74, 6) is 0.807. The molecule has 0 amide bonds. The SMILES string of the molecule is C=CCNC(=NC)NCCc1ccc(-c2csc(C)n2)s1.I. The molecule has 2 N–H and O–H groups in total. The molecule has 2 heterocycles. The van der Waals surface area contributed by atoms with E-state index >= 15 is 0 Å². The van der Waals surface area contributed by atoms with Crippen LogP contribution in [0.1, 0.15) is 9.88 Å². The van der Waals surface area contributed by atoms with E-state index in [-0.39, 0.29) is 24.0 Å². The van der Waals surface area contributed by atoms with Gasteiger partial charge in [-0.1, -0.05) is 6.08 Å². The summed E-state index contributed by atoms with van der Waals surface area (Å²) in [4.78, 5) is 11.3. The van der Waals surface area contributed by atoms with Crippen LogP contribution in [0.4, 0.5) is 0 Å². The van der Waals surface area contributed by atoms with E-state index in [1.807, 2.05) is 13.0 Å². The number of aliphatic imine (C=N–C) groups is 1. The van der Waals surface area contributed by atoms with Crippen molar-refractivity contribution in [1.82, 2.24) is 15.6 Å². The van der Waals surface area contributed by atoms with Gasteiger partial charge < -0.3 is 10.6 Å². The summed E-state index contributed by atoms with van der Waals surface area (Å²) in [6, 6.07) is 4.33. The molecule has 0 radical (unpaired) electrons. The number of guanidine groups is 1. The Morgan fingerprint density at radius 2 is 2.23 bits per heavy atom. The van der Waals surface area contributed by atoms with Crippen LogP contribution in [0.2, 0.25) is 0 Å². The monoisotopic (exact) mass is 448 g/mol. The van der Waals surface area contributed by atoms with Gasteiger partial charge in [0.1, 0.15) is 0 Å². The Morgan fingerprint density at radius 3 is 2.86 bits per heavy atom. The number of aromatic nitrogens is 1. The van der Waals surface area contributed by atoms with Gasteiger partial charge in [0.2, 0.25) is 0 Å². The molecule has 0 spiro atoms. The van der Waals surface area contributed by atoms with Gasteiger partial charge >= 0.3 is 0 Å². The van der Waals surface area contributed by atoms with Crippen molar-refractivity contribution in [2.75, 3.05) is 20.1 Å². The van der Waals surface area contributed by atoms with E-state index in [0.717, 1.165) is 29.6 Å². The number of nitrogens with zero attached hydrogens (tertiary/aromatic N) is 2. The third kappa shape index (κ3) is 5.69. The van der Waals surface area contributed by atoms with Crippen LogP contribution in [-0.4, -0.2) is 31.1 Å². The van der Waals surface area contributed by atoms with E-state index in [9.17, 15) is 0 Å². The molecule has 0 saturated carbocycles. The third-order valence-corrected chi connectivity index (χ3v) is 4.78. The van der Waals surface area contributed by atoms with E-state index in [1.54, 1.807) is 29.7 Å². The summed E-state index contributed by atoms with van der Waals surface area (Å²) in [5, 5.41) is 9.67. The average molecular weight is 448 g/mol. The zero-order valence-electron chi connectivity index (χ0n) is 12.8. The quantitative estimate of drug-likeness (QED) is 0.307. The first-order valence-electron chi connectivity index (χ1n) is 6.79. The van der Waals surface area contributed by atoms with Crippen LogP contribution < -0.4 is 10.6 Å². The molecule has 0 unspecified atom stereocenters. The number of thiazole rings is 1. The minimum absolute atomic E-state index is 0. The Kier molecular flexibility index (Phi) is 8.66. The first-order valence-corrected chi connectivity index (χ1v) is 8.49. The average Bonchev–Trinajstić information content (AvgIpc) is 3.11. The predicted molar refractivity (Wildman–Crippen MR) is 109 cm³/mol. The first-order chi connectivity index (χ1) is 10.2. The van der Waals surface area contributed by atoms with Crippen molar-refractivity contribution in [1.29, 1.82) is 0 Å². The maximum atomic E-state index is 4.52. The minimum Gasteiger partial charge on any atom is -0.356 e. The zero-order valence-corrected chi connectivity index (χ0v) is 16.7. The lowest BCUT2D eigenvalue weighted by Gasteiger charge is -2.09. The van der Waals surface area contributed by atoms with Crippen molar-refractivity contribution >= 4 is 52.6 Å². The van der Waals surface area contributed by atoms with Gasteiger partial charge in [0, 0.05) is 30.4 Å². The Morgan fingerprint density at radius 1 is 1.41 bits per heavy atom. The second-order valence-corrected chi connectivity index (χ2v) is 6.67. The highest BCUT2D eigenvalue weighted by Gasteiger charge is 2.06. The summed E-state index contributed by atoms with van der Waals surface area (Å²) < 4.78 is 0. The minimum atomic E-state index is 0. The van der Waals surface area contributed by atoms with E-state index < -0.39 is 0 Å². The van der Waals surface area contributed by atoms with Gasteiger partial charge in [-0.05, 0) is 25.5 Å². The summed E-state index contributed by atoms with van der Waals surface area (Å²) in [6.07, 6.45) is 2.79. The fourth-order valence-corrected chi connectivity index (χ4v) is 3.48. The van der Waals surface area contributed by atoms with Crippen LogP contribution in [0.15, 0.2) is 35.2 Å². The molecule has 0 aliphatic rings. The summed E-state index contributed by atoms with van der Waals surface area (Å²) in [5.41, 5.74) is 1.09. The summed E-state index contributed by atoms with van der Waals surface area (Å²) in [6.45, 7) is 7.28. The normalized spacial score (nSPS) is 10.9. The molecule has 120 valence electrons. The molecule has 0 atom stereocenters. The number of aryl methyl sites for hydroxylation is 1. The second-order valence-electron chi connectivity index (χ2n) is 4.44. The summed E-state index contributed by atoms with van der Waals surface area (Å²) in [7, 11) is 1.77. The van der Waals surface area contributed by atoms with Crippen LogP contribution in [0.5, 0.6) is 0 Å². The smallest absolute Gasteiger partial charge is 0.191 e. The highest BCUT2D eigenvalue weighted by Crippen LogP contribution is 2.29. The molecule has 22 heavy (non-hydrogen) atoms. The number of hydrogen-bond donors (Lipinski definition) is 2. The molecule has 4 nitrogen and oxygen atoms in total. The lowest BCUT2D eigenvalue weighted by atomic mass is 10.3. The Balaban J connectivity index is 0.00000242. The van der Waals surface area contributed by atoms with Crippen molar-refractivity contribution in [3.63, 3.8) is 0 Å². The van der Waals surface area contributed by atoms with Crippen molar-refractivity contribution in [3.8, 4) is 10.6 Å². The van der Waals surface area contributed by atoms with Crippen molar-refractivity contribution in [3.05, 3.63) is 40.1 Å². The number of halogens is 1. The lowest BCUT2D eigenvalue weighted by Crippen LogP contribution is -2.38. The Labute approximate surface area is 156 Å². The summed E-state index contributed by atoms with van der Waals surface area (Å²) >= 11 is 3.50. The maximum Gasteiger partial charge on any atom is 0.191 e. The molecule has 0 saturated heterocycles. The third-order valence-electron chi connectivity index (χ3n) is 2.83. The maximum absolute atomic E-state index is 4.52. The largest absolute Gasteiger partial charge is 0.356 e. The van der Waals surface area contributed by atoms with Crippen molar-refractivity contribution < 1.29 is 0 Å². The molecular formula is C15H21IN4S2. The number of nitrogens with one attached hydrogen (secondary N) is 2. The first kappa shape index (κ1) is 19.1. The zero-order chi connectivity index (χ0) is 15.1. The molecule has 2 rings (SSSR count). The standard InChI is InChI=1S/C15H20N4S2.HI/c1-4-8-17-15(16-3)18-9-7-12-5-6-14(21-12)13-10-20-11(2)19-13;/h4-6,10H,1,7-9H2,2-3H3,(H2,16,17,18);1H. The Bertz CT molecular complexity index is 619. The Hall–Kier alpha value is -0.930. The number of thiophene rings is 1. The van der Waals surface area contributed by atoms with E-state index in [1.165, 1.54) is 9.75 Å². The van der Waals surface area contributed by atoms with Gasteiger partial charge in [-0.2, -0.15) is 0 Å². The van der Waals surface area contributed by atoms with E-state index in [2.05, 4.69) is 44.7 Å². The number of rotatable bonds is 6. The van der Waals surface area contributed by atoms with Crippen molar-refractivity contribution in [2.45, 2.75) is 13.3 Å². The van der Waals surface area contributed by atoms with Crippen LogP contribution >= 0.6 is 46.7 Å². The molecule has 0 aliphatic carbocycles. The van der Waals surface area contributed by atoms with Gasteiger partial charge in [0.15, 0.2) is 5.96 Å². The highest BCUT2D eigenvalue weighted by atomic mass is 127. The van der Waals surface area contributed by atoms with Crippen molar-refractivity contribution in [2.24, 2.45) is 4.99 Å². The van der Waals surface area contributed by atoms with Crippen LogP contribution in [-0.2, 0) is 6.42 Å². The lowest BCUT2D eigenvalue weighted by molar-refractivity contribution is 0.829. The van der Waals surface area contributed by atoms with Gasteiger partial charge in [-0.15, -0.1) is 53.2 Å². The van der Waals surface area contributed by atoms with Crippen LogP contribution in [0.3, 0.4) is 0 Å². The molecule has 2 aromatic rings. The second kappa shape index (κ2) is 9.96. The molecule has 2 aromatic heterocycles. The predicted octanol–water partition coefficient (Wildman–Crippen LogP) is 3.69.